The second kappa shape index (κ2) is 8.06. The van der Waals surface area contributed by atoms with Gasteiger partial charge in [0.25, 0.3) is 0 Å². The van der Waals surface area contributed by atoms with Crippen LogP contribution in [0.15, 0.2) is 53.9 Å². The molecule has 0 radical (unpaired) electrons. The molecule has 1 aromatic heterocycles. The lowest BCUT2D eigenvalue weighted by Gasteiger charge is -2.34. The third-order valence-corrected chi connectivity index (χ3v) is 7.59. The van der Waals surface area contributed by atoms with Gasteiger partial charge in [-0.25, -0.2) is 0 Å². The zero-order valence-electron chi connectivity index (χ0n) is 19.7. The van der Waals surface area contributed by atoms with E-state index in [-0.39, 0.29) is 17.7 Å². The van der Waals surface area contributed by atoms with Gasteiger partial charge < -0.3 is 20.3 Å². The Hall–Kier alpha value is -2.97. The average Bonchev–Trinajstić information content (AvgIpc) is 3.51. The second-order valence-corrected chi connectivity index (χ2v) is 11.3. The first-order valence-corrected chi connectivity index (χ1v) is 12.4. The molecule has 7 nitrogen and oxygen atoms in total. The molecule has 3 aliphatic heterocycles. The van der Waals surface area contributed by atoms with Crippen molar-refractivity contribution in [1.82, 2.24) is 10.2 Å². The zero-order chi connectivity index (χ0) is 24.3. The molecule has 2 N–H and O–H groups in total. The number of hydrogen-bond acceptors (Lipinski definition) is 5. The van der Waals surface area contributed by atoms with Crippen LogP contribution in [-0.4, -0.2) is 45.9 Å². The number of carbonyl (C=O) groups excluding carboxylic acids is 3. The Morgan fingerprint density at radius 3 is 2.59 bits per heavy atom. The minimum Gasteiger partial charge on any atom is -0.359 e. The number of hydrogen-bond donors (Lipinski definition) is 2. The molecule has 1 spiro atoms. The van der Waals surface area contributed by atoms with Gasteiger partial charge in [0.2, 0.25) is 17.7 Å². The maximum atomic E-state index is 13.9. The molecule has 3 aliphatic rings. The number of nitrogens with zero attached hydrogens (tertiary/aromatic N) is 1. The molecule has 1 aromatic carbocycles. The van der Waals surface area contributed by atoms with Crippen molar-refractivity contribution in [3.63, 3.8) is 0 Å². The number of aryl methyl sites for hydroxylation is 1. The number of amides is 3. The molecule has 0 unspecified atom stereocenters. The first-order valence-electron chi connectivity index (χ1n) is 11.5. The monoisotopic (exact) mass is 479 g/mol. The van der Waals surface area contributed by atoms with Crippen molar-refractivity contribution in [3.8, 4) is 0 Å². The standard InChI is InChI=1S/C26H29N3O4S/c1-15-8-5-6-10-17(15)27-22(30)19-18-11-12-26(33-18)20(19)24(32)29(14-16-9-7-13-34-16)21(26)23(31)28-25(2,3)4/h5-13,18-21H,14H2,1-4H3,(H,27,30)(H,28,31)/t18-,19-,20-,21-,26-/m1/s1. The molecular formula is C26H29N3O4S. The summed E-state index contributed by atoms with van der Waals surface area (Å²) in [6.45, 7) is 7.93. The molecule has 2 bridgehead atoms. The largest absolute Gasteiger partial charge is 0.359 e. The van der Waals surface area contributed by atoms with E-state index in [1.54, 1.807) is 4.90 Å². The smallest absolute Gasteiger partial charge is 0.246 e. The van der Waals surface area contributed by atoms with E-state index in [2.05, 4.69) is 10.6 Å². The van der Waals surface area contributed by atoms with Gasteiger partial charge in [-0.1, -0.05) is 36.4 Å². The van der Waals surface area contributed by atoms with E-state index in [9.17, 15) is 14.4 Å². The van der Waals surface area contributed by atoms with Gasteiger partial charge in [0.1, 0.15) is 11.6 Å². The Kier molecular flexibility index (Phi) is 5.41. The van der Waals surface area contributed by atoms with E-state index >= 15 is 0 Å². The minimum absolute atomic E-state index is 0.223. The van der Waals surface area contributed by atoms with Crippen LogP contribution in [-0.2, 0) is 25.7 Å². The van der Waals surface area contributed by atoms with Crippen LogP contribution in [0.1, 0.15) is 31.2 Å². The molecular weight excluding hydrogens is 450 g/mol. The number of likely N-dealkylation sites (tertiary alicyclic amines) is 1. The Bertz CT molecular complexity index is 1170. The molecule has 5 rings (SSSR count). The first-order chi connectivity index (χ1) is 16.1. The summed E-state index contributed by atoms with van der Waals surface area (Å²) < 4.78 is 6.36. The fraction of sp³-hybridized carbons (Fsp3) is 0.423. The average molecular weight is 480 g/mol. The van der Waals surface area contributed by atoms with Gasteiger partial charge in [0, 0.05) is 16.1 Å². The van der Waals surface area contributed by atoms with Crippen molar-refractivity contribution < 1.29 is 19.1 Å². The van der Waals surface area contributed by atoms with Crippen molar-refractivity contribution in [2.24, 2.45) is 11.8 Å². The van der Waals surface area contributed by atoms with Crippen LogP contribution in [0.2, 0.25) is 0 Å². The van der Waals surface area contributed by atoms with Crippen LogP contribution in [0.5, 0.6) is 0 Å². The van der Waals surface area contributed by atoms with Gasteiger partial charge in [0.15, 0.2) is 0 Å². The number of carbonyl (C=O) groups is 3. The number of benzene rings is 1. The number of thiophene rings is 1. The highest BCUT2D eigenvalue weighted by atomic mass is 32.1. The lowest BCUT2D eigenvalue weighted by Crippen LogP contribution is -2.57. The van der Waals surface area contributed by atoms with Crippen LogP contribution < -0.4 is 10.6 Å². The molecule has 5 atom stereocenters. The Balaban J connectivity index is 1.51. The molecule has 178 valence electrons. The van der Waals surface area contributed by atoms with Crippen molar-refractivity contribution in [2.45, 2.75) is 57.5 Å². The van der Waals surface area contributed by atoms with Gasteiger partial charge in [-0.3, -0.25) is 14.4 Å². The zero-order valence-corrected chi connectivity index (χ0v) is 20.5. The maximum absolute atomic E-state index is 13.9. The van der Waals surface area contributed by atoms with Crippen LogP contribution in [0.4, 0.5) is 5.69 Å². The van der Waals surface area contributed by atoms with Gasteiger partial charge in [-0.2, -0.15) is 0 Å². The van der Waals surface area contributed by atoms with Crippen LogP contribution in [0, 0.1) is 18.8 Å². The fourth-order valence-electron chi connectivity index (χ4n) is 5.38. The summed E-state index contributed by atoms with van der Waals surface area (Å²) in [5.74, 6) is -2.24. The van der Waals surface area contributed by atoms with Gasteiger partial charge in [0.05, 0.1) is 24.5 Å². The summed E-state index contributed by atoms with van der Waals surface area (Å²) in [7, 11) is 0. The molecule has 0 saturated carbocycles. The van der Waals surface area contributed by atoms with Crippen molar-refractivity contribution in [1.29, 1.82) is 0 Å². The SMILES string of the molecule is Cc1ccccc1NC(=O)[C@@H]1[C@H]2C=C[C@@]3(O2)[C@H]1C(=O)N(Cc1cccs1)[C@@H]3C(=O)NC(C)(C)C. The van der Waals surface area contributed by atoms with Crippen molar-refractivity contribution in [3.05, 3.63) is 64.4 Å². The third kappa shape index (κ3) is 3.65. The summed E-state index contributed by atoms with van der Waals surface area (Å²) in [6, 6.07) is 10.5. The van der Waals surface area contributed by atoms with E-state index in [4.69, 9.17) is 4.74 Å². The number of rotatable bonds is 5. The first kappa shape index (κ1) is 22.8. The molecule has 8 heteroatoms. The second-order valence-electron chi connectivity index (χ2n) is 10.3. The minimum atomic E-state index is -1.16. The maximum Gasteiger partial charge on any atom is 0.246 e. The molecule has 4 heterocycles. The third-order valence-electron chi connectivity index (χ3n) is 6.73. The molecule has 34 heavy (non-hydrogen) atoms. The summed E-state index contributed by atoms with van der Waals surface area (Å²) in [5, 5.41) is 7.96. The molecule has 2 fully saturated rings. The summed E-state index contributed by atoms with van der Waals surface area (Å²) in [4.78, 5) is 43.5. The predicted molar refractivity (Wildman–Crippen MR) is 130 cm³/mol. The van der Waals surface area contributed by atoms with Gasteiger partial charge in [-0.05, 0) is 50.8 Å². The van der Waals surface area contributed by atoms with Crippen molar-refractivity contribution in [2.75, 3.05) is 5.32 Å². The van der Waals surface area contributed by atoms with E-state index in [0.717, 1.165) is 10.4 Å². The van der Waals surface area contributed by atoms with Gasteiger partial charge in [-0.15, -0.1) is 11.3 Å². The Morgan fingerprint density at radius 1 is 1.15 bits per heavy atom. The van der Waals surface area contributed by atoms with Crippen LogP contribution in [0.3, 0.4) is 0 Å². The van der Waals surface area contributed by atoms with E-state index < -0.39 is 35.1 Å². The Morgan fingerprint density at radius 2 is 1.91 bits per heavy atom. The molecule has 2 aromatic rings. The number of ether oxygens (including phenoxy) is 1. The quantitative estimate of drug-likeness (QED) is 0.645. The Labute approximate surface area is 203 Å². The molecule has 0 aliphatic carbocycles. The van der Waals surface area contributed by atoms with E-state index in [0.29, 0.717) is 12.2 Å². The lowest BCUT2D eigenvalue weighted by molar-refractivity contribution is -0.142. The van der Waals surface area contributed by atoms with Crippen LogP contribution >= 0.6 is 11.3 Å². The highest BCUT2D eigenvalue weighted by Crippen LogP contribution is 2.55. The van der Waals surface area contributed by atoms with Crippen LogP contribution in [0.25, 0.3) is 0 Å². The summed E-state index contributed by atoms with van der Waals surface area (Å²) in [6.07, 6.45) is 3.11. The topological polar surface area (TPSA) is 87.7 Å². The normalized spacial score (nSPS) is 29.4. The van der Waals surface area contributed by atoms with E-state index in [1.165, 1.54) is 11.3 Å². The summed E-state index contributed by atoms with van der Waals surface area (Å²) in [5.41, 5.74) is -0.00564. The predicted octanol–water partition coefficient (Wildman–Crippen LogP) is 3.26. The fourth-order valence-corrected chi connectivity index (χ4v) is 6.08. The molecule has 3 amide bonds. The molecule has 2 saturated heterocycles. The highest BCUT2D eigenvalue weighted by molar-refractivity contribution is 7.09. The highest BCUT2D eigenvalue weighted by Gasteiger charge is 2.72. The number of para-hydroxylation sites is 1. The number of nitrogens with one attached hydrogen (secondary N) is 2. The lowest BCUT2D eigenvalue weighted by atomic mass is 9.74. The van der Waals surface area contributed by atoms with E-state index in [1.807, 2.05) is 81.6 Å². The van der Waals surface area contributed by atoms with Gasteiger partial charge >= 0.3 is 0 Å². The number of fused-ring (bicyclic) bond motifs is 1. The summed E-state index contributed by atoms with van der Waals surface area (Å²) >= 11 is 1.53. The van der Waals surface area contributed by atoms with Crippen molar-refractivity contribution >= 4 is 34.7 Å². The number of anilines is 1.